The number of piperidine rings is 1. The molecule has 1 N–H and O–H groups in total. The highest BCUT2D eigenvalue weighted by Gasteiger charge is 2.21. The first-order chi connectivity index (χ1) is 14.1. The van der Waals surface area contributed by atoms with Crippen LogP contribution < -0.4 is 10.2 Å². The molecule has 2 heterocycles. The second kappa shape index (κ2) is 11.4. The Morgan fingerprint density at radius 3 is 2.72 bits per heavy atom. The topological polar surface area (TPSA) is 58.1 Å². The summed E-state index contributed by atoms with van der Waals surface area (Å²) in [5.74, 6) is 1.88. The zero-order chi connectivity index (χ0) is 20.5. The largest absolute Gasteiger partial charge is 0.356 e. The minimum Gasteiger partial charge on any atom is -0.356 e. The Kier molecular flexibility index (Phi) is 8.62. The summed E-state index contributed by atoms with van der Waals surface area (Å²) in [7, 11) is 0. The minimum atomic E-state index is 0.00954. The summed E-state index contributed by atoms with van der Waals surface area (Å²) in [4.78, 5) is 23.1. The van der Waals surface area contributed by atoms with E-state index >= 15 is 0 Å². The number of benzene rings is 1. The van der Waals surface area contributed by atoms with Crippen LogP contribution in [-0.4, -0.2) is 41.3 Å². The van der Waals surface area contributed by atoms with Gasteiger partial charge in [0.05, 0.1) is 5.75 Å². The van der Waals surface area contributed by atoms with Gasteiger partial charge in [-0.05, 0) is 37.2 Å². The molecule has 5 nitrogen and oxygen atoms in total. The molecule has 156 valence electrons. The molecule has 2 aromatic rings. The van der Waals surface area contributed by atoms with Gasteiger partial charge in [0.2, 0.25) is 5.91 Å². The maximum absolute atomic E-state index is 11.9. The Morgan fingerprint density at radius 2 is 2.00 bits per heavy atom. The van der Waals surface area contributed by atoms with Crippen LogP contribution in [0.15, 0.2) is 41.6 Å². The van der Waals surface area contributed by atoms with E-state index in [-0.39, 0.29) is 5.91 Å². The van der Waals surface area contributed by atoms with Gasteiger partial charge < -0.3 is 10.2 Å². The number of halogens is 1. The quantitative estimate of drug-likeness (QED) is 0.271. The van der Waals surface area contributed by atoms with Crippen LogP contribution in [0.25, 0.3) is 0 Å². The average molecular weight is 433 g/mol. The lowest BCUT2D eigenvalue weighted by Crippen LogP contribution is -2.35. The van der Waals surface area contributed by atoms with Gasteiger partial charge in [0.15, 0.2) is 5.16 Å². The van der Waals surface area contributed by atoms with E-state index in [4.69, 9.17) is 11.6 Å². The van der Waals surface area contributed by atoms with Crippen molar-refractivity contribution in [1.29, 1.82) is 0 Å². The number of anilines is 1. The van der Waals surface area contributed by atoms with Crippen LogP contribution in [-0.2, 0) is 11.2 Å². The van der Waals surface area contributed by atoms with Crippen LogP contribution in [0.2, 0.25) is 5.15 Å². The fourth-order valence-corrected chi connectivity index (χ4v) is 4.42. The first kappa shape index (κ1) is 21.9. The molecule has 0 bridgehead atoms. The molecule has 1 amide bonds. The summed E-state index contributed by atoms with van der Waals surface area (Å²) in [6.07, 6.45) is 5.47. The highest BCUT2D eigenvalue weighted by atomic mass is 35.5. The predicted molar refractivity (Wildman–Crippen MR) is 121 cm³/mol. The number of amides is 1. The highest BCUT2D eigenvalue weighted by Crippen LogP contribution is 2.27. The smallest absolute Gasteiger partial charge is 0.230 e. The zero-order valence-electron chi connectivity index (χ0n) is 16.9. The van der Waals surface area contributed by atoms with Crippen LogP contribution in [0, 0.1) is 5.92 Å². The van der Waals surface area contributed by atoms with Crippen molar-refractivity contribution in [2.75, 3.05) is 30.3 Å². The van der Waals surface area contributed by atoms with Crippen molar-refractivity contribution in [3.63, 3.8) is 0 Å². The van der Waals surface area contributed by atoms with E-state index in [2.05, 4.69) is 57.4 Å². The van der Waals surface area contributed by atoms with Crippen LogP contribution >= 0.6 is 23.4 Å². The Morgan fingerprint density at radius 1 is 1.24 bits per heavy atom. The highest BCUT2D eigenvalue weighted by molar-refractivity contribution is 7.99. The predicted octanol–water partition coefficient (Wildman–Crippen LogP) is 4.60. The maximum Gasteiger partial charge on any atom is 0.230 e. The molecule has 1 saturated heterocycles. The second-order valence-electron chi connectivity index (χ2n) is 7.44. The lowest BCUT2D eigenvalue weighted by Gasteiger charge is -2.33. The molecule has 1 aliphatic heterocycles. The van der Waals surface area contributed by atoms with Crippen molar-refractivity contribution in [2.24, 2.45) is 5.92 Å². The van der Waals surface area contributed by atoms with Gasteiger partial charge in [0.25, 0.3) is 0 Å². The normalized spacial score (nSPS) is 14.8. The molecule has 1 aromatic heterocycles. The standard InChI is InChI=1S/C22H29ClN4OS/c1-2-3-11-24-21(28)16-29-22-25-19(23)15-20(26-22)27-12-9-18(10-13-27)14-17-7-5-4-6-8-17/h4-8,15,18H,2-3,9-14,16H2,1H3,(H,24,28). The number of thioether (sulfide) groups is 1. The van der Waals surface area contributed by atoms with Crippen molar-refractivity contribution >= 4 is 35.1 Å². The Balaban J connectivity index is 1.51. The van der Waals surface area contributed by atoms with Gasteiger partial charge in [0.1, 0.15) is 11.0 Å². The molecule has 7 heteroatoms. The minimum absolute atomic E-state index is 0.00954. The summed E-state index contributed by atoms with van der Waals surface area (Å²) in [5.41, 5.74) is 1.41. The van der Waals surface area contributed by atoms with E-state index < -0.39 is 0 Å². The molecule has 0 aliphatic carbocycles. The first-order valence-electron chi connectivity index (χ1n) is 10.4. The number of hydrogen-bond acceptors (Lipinski definition) is 5. The SMILES string of the molecule is CCCCNC(=O)CSc1nc(Cl)cc(N2CCC(Cc3ccccc3)CC2)n1. The molecular weight excluding hydrogens is 404 g/mol. The van der Waals surface area contributed by atoms with Gasteiger partial charge >= 0.3 is 0 Å². The summed E-state index contributed by atoms with van der Waals surface area (Å²) < 4.78 is 0. The van der Waals surface area contributed by atoms with Crippen LogP contribution in [0.4, 0.5) is 5.82 Å². The molecule has 0 radical (unpaired) electrons. The van der Waals surface area contributed by atoms with E-state index in [1.165, 1.54) is 17.3 Å². The van der Waals surface area contributed by atoms with Crippen molar-refractivity contribution in [1.82, 2.24) is 15.3 Å². The fourth-order valence-electron chi connectivity index (χ4n) is 3.51. The van der Waals surface area contributed by atoms with E-state index in [0.29, 0.717) is 22.0 Å². The molecule has 1 aliphatic rings. The molecule has 0 spiro atoms. The Hall–Kier alpha value is -1.79. The van der Waals surface area contributed by atoms with Gasteiger partial charge in [-0.2, -0.15) is 0 Å². The molecule has 29 heavy (non-hydrogen) atoms. The first-order valence-corrected chi connectivity index (χ1v) is 11.7. The van der Waals surface area contributed by atoms with Crippen LogP contribution in [0.1, 0.15) is 38.2 Å². The second-order valence-corrected chi connectivity index (χ2v) is 8.77. The molecule has 3 rings (SSSR count). The summed E-state index contributed by atoms with van der Waals surface area (Å²) in [6.45, 7) is 4.75. The van der Waals surface area contributed by atoms with Crippen molar-refractivity contribution < 1.29 is 4.79 Å². The van der Waals surface area contributed by atoms with Gasteiger partial charge in [-0.15, -0.1) is 0 Å². The molecule has 0 unspecified atom stereocenters. The lowest BCUT2D eigenvalue weighted by molar-refractivity contribution is -0.118. The van der Waals surface area contributed by atoms with E-state index in [0.717, 1.165) is 57.6 Å². The third kappa shape index (κ3) is 7.19. The Bertz CT molecular complexity index is 782. The van der Waals surface area contributed by atoms with Crippen LogP contribution in [0.5, 0.6) is 0 Å². The number of carbonyl (C=O) groups is 1. The number of rotatable bonds is 9. The number of carbonyl (C=O) groups excluding carboxylic acids is 1. The summed E-state index contributed by atoms with van der Waals surface area (Å²) in [6, 6.07) is 12.5. The fraction of sp³-hybridized carbons (Fsp3) is 0.500. The van der Waals surface area contributed by atoms with Crippen molar-refractivity contribution in [3.05, 3.63) is 47.1 Å². The third-order valence-electron chi connectivity index (χ3n) is 5.15. The molecular formula is C22H29ClN4OS. The third-order valence-corrected chi connectivity index (χ3v) is 6.19. The lowest BCUT2D eigenvalue weighted by atomic mass is 9.90. The van der Waals surface area contributed by atoms with Crippen LogP contribution in [0.3, 0.4) is 0 Å². The monoisotopic (exact) mass is 432 g/mol. The van der Waals surface area contributed by atoms with Crippen molar-refractivity contribution in [2.45, 2.75) is 44.2 Å². The Labute approximate surface area is 182 Å². The van der Waals surface area contributed by atoms with Gasteiger partial charge in [-0.3, -0.25) is 4.79 Å². The number of nitrogens with zero attached hydrogens (tertiary/aromatic N) is 3. The maximum atomic E-state index is 11.9. The molecule has 1 aromatic carbocycles. The molecule has 0 saturated carbocycles. The number of nitrogens with one attached hydrogen (secondary N) is 1. The van der Waals surface area contributed by atoms with Crippen molar-refractivity contribution in [3.8, 4) is 0 Å². The van der Waals surface area contributed by atoms with Gasteiger partial charge in [-0.25, -0.2) is 9.97 Å². The summed E-state index contributed by atoms with van der Waals surface area (Å²) >= 11 is 7.57. The molecule has 0 atom stereocenters. The number of unbranched alkanes of at least 4 members (excludes halogenated alkanes) is 1. The average Bonchev–Trinajstić information content (AvgIpc) is 2.73. The zero-order valence-corrected chi connectivity index (χ0v) is 18.5. The van der Waals surface area contributed by atoms with E-state index in [1.54, 1.807) is 0 Å². The van der Waals surface area contributed by atoms with Gasteiger partial charge in [-0.1, -0.05) is 67.0 Å². The molecule has 1 fully saturated rings. The number of aromatic nitrogens is 2. The summed E-state index contributed by atoms with van der Waals surface area (Å²) in [5, 5.41) is 3.90. The van der Waals surface area contributed by atoms with E-state index in [1.807, 2.05) is 6.07 Å². The number of hydrogen-bond donors (Lipinski definition) is 1. The van der Waals surface area contributed by atoms with Gasteiger partial charge in [0, 0.05) is 25.7 Å². The van der Waals surface area contributed by atoms with E-state index in [9.17, 15) is 4.79 Å².